The summed E-state index contributed by atoms with van der Waals surface area (Å²) in [4.78, 5) is 39.1. The van der Waals surface area contributed by atoms with E-state index in [1.807, 2.05) is 13.0 Å². The Morgan fingerprint density at radius 3 is 2.27 bits per heavy atom. The van der Waals surface area contributed by atoms with Crippen molar-refractivity contribution in [3.8, 4) is 0 Å². The molecule has 6 nitrogen and oxygen atoms in total. The second kappa shape index (κ2) is 8.14. The smallest absolute Gasteiger partial charge is 0.342 e. The van der Waals surface area contributed by atoms with Crippen molar-refractivity contribution in [1.82, 2.24) is 4.90 Å². The number of carbonyl (C=O) groups is 3. The zero-order valence-electron chi connectivity index (χ0n) is 15.5. The number of rotatable bonds is 5. The summed E-state index contributed by atoms with van der Waals surface area (Å²) in [5.41, 5.74) is 1.60. The van der Waals surface area contributed by atoms with E-state index in [0.717, 1.165) is 10.4 Å². The lowest BCUT2D eigenvalue weighted by Crippen LogP contribution is -2.31. The van der Waals surface area contributed by atoms with E-state index in [2.05, 4.69) is 5.32 Å². The summed E-state index contributed by atoms with van der Waals surface area (Å²) in [7, 11) is 3.21. The Morgan fingerprint density at radius 1 is 1.12 bits per heavy atom. The van der Waals surface area contributed by atoms with E-state index < -0.39 is 12.1 Å². The van der Waals surface area contributed by atoms with Gasteiger partial charge >= 0.3 is 5.97 Å². The molecule has 1 aromatic heterocycles. The normalized spacial score (nSPS) is 11.6. The molecule has 0 aliphatic heterocycles. The number of aryl methyl sites for hydroxylation is 1. The lowest BCUT2D eigenvalue weighted by atomic mass is 10.1. The number of nitrogens with one attached hydrogen (secondary N) is 1. The first-order valence-electron chi connectivity index (χ1n) is 8.07. The van der Waals surface area contributed by atoms with E-state index in [-0.39, 0.29) is 17.4 Å². The molecule has 1 aromatic carbocycles. The second-order valence-corrected chi connectivity index (χ2v) is 7.32. The number of hydrogen-bond donors (Lipinski definition) is 1. The topological polar surface area (TPSA) is 75.7 Å². The highest BCUT2D eigenvalue weighted by Crippen LogP contribution is 2.34. The van der Waals surface area contributed by atoms with Crippen LogP contribution in [0.3, 0.4) is 0 Å². The number of anilines is 1. The number of nitrogens with zero attached hydrogens (tertiary/aromatic N) is 1. The summed E-state index contributed by atoms with van der Waals surface area (Å²) in [6.07, 6.45) is -1.05. The zero-order chi connectivity index (χ0) is 19.4. The van der Waals surface area contributed by atoms with Crippen LogP contribution in [0.4, 0.5) is 5.00 Å². The summed E-state index contributed by atoms with van der Waals surface area (Å²) in [6, 6.07) is 8.85. The summed E-state index contributed by atoms with van der Waals surface area (Å²) < 4.78 is 5.59. The quantitative estimate of drug-likeness (QED) is 0.815. The van der Waals surface area contributed by atoms with Gasteiger partial charge in [0.05, 0.1) is 5.56 Å². The molecule has 2 rings (SSSR count). The minimum atomic E-state index is -1.05. The minimum absolute atomic E-state index is 0.274. The average Bonchev–Trinajstić information content (AvgIpc) is 2.85. The molecule has 0 saturated carbocycles. The SMILES string of the molecule is CC(=O)Nc1sc(C)c(C)c1C(=O)O[C@@H](C(=O)N(C)C)c1ccccc1. The van der Waals surface area contributed by atoms with E-state index >= 15 is 0 Å². The molecule has 7 heteroatoms. The highest BCUT2D eigenvalue weighted by atomic mass is 32.1. The van der Waals surface area contributed by atoms with Gasteiger partial charge in [-0.05, 0) is 19.4 Å². The first-order chi connectivity index (χ1) is 12.2. The monoisotopic (exact) mass is 374 g/mol. The summed E-state index contributed by atoms with van der Waals surface area (Å²) in [5.74, 6) is -1.25. The van der Waals surface area contributed by atoms with Crippen LogP contribution in [0, 0.1) is 13.8 Å². The molecule has 26 heavy (non-hydrogen) atoms. The molecule has 1 heterocycles. The molecule has 2 amide bonds. The molecule has 0 aliphatic carbocycles. The number of esters is 1. The van der Waals surface area contributed by atoms with Crippen molar-refractivity contribution >= 4 is 34.1 Å². The first kappa shape index (κ1) is 19.7. The maximum absolute atomic E-state index is 12.9. The van der Waals surface area contributed by atoms with Gasteiger partial charge in [-0.1, -0.05) is 30.3 Å². The minimum Gasteiger partial charge on any atom is -0.444 e. The fourth-order valence-corrected chi connectivity index (χ4v) is 3.50. The average molecular weight is 374 g/mol. The fourth-order valence-electron chi connectivity index (χ4n) is 2.41. The summed E-state index contributed by atoms with van der Waals surface area (Å²) in [5, 5.41) is 3.10. The predicted octanol–water partition coefficient (Wildman–Crippen LogP) is 3.31. The zero-order valence-corrected chi connectivity index (χ0v) is 16.3. The Balaban J connectivity index is 2.39. The van der Waals surface area contributed by atoms with Crippen molar-refractivity contribution < 1.29 is 19.1 Å². The van der Waals surface area contributed by atoms with Gasteiger partial charge in [-0.15, -0.1) is 11.3 Å². The number of likely N-dealkylation sites (N-methyl/N-ethyl adjacent to an activating group) is 1. The van der Waals surface area contributed by atoms with E-state index in [1.165, 1.54) is 23.2 Å². The Morgan fingerprint density at radius 2 is 1.73 bits per heavy atom. The van der Waals surface area contributed by atoms with Crippen LogP contribution in [-0.2, 0) is 14.3 Å². The highest BCUT2D eigenvalue weighted by Gasteiger charge is 2.30. The van der Waals surface area contributed by atoms with Crippen LogP contribution in [0.2, 0.25) is 0 Å². The van der Waals surface area contributed by atoms with Crippen molar-refractivity contribution in [3.63, 3.8) is 0 Å². The fraction of sp³-hybridized carbons (Fsp3) is 0.316. The number of benzene rings is 1. The van der Waals surface area contributed by atoms with Crippen molar-refractivity contribution in [2.45, 2.75) is 26.9 Å². The number of carbonyl (C=O) groups excluding carboxylic acids is 3. The third kappa shape index (κ3) is 4.29. The van der Waals surface area contributed by atoms with Crippen LogP contribution in [0.5, 0.6) is 0 Å². The molecular weight excluding hydrogens is 352 g/mol. The maximum Gasteiger partial charge on any atom is 0.342 e. The van der Waals surface area contributed by atoms with Gasteiger partial charge in [-0.3, -0.25) is 9.59 Å². The summed E-state index contributed by atoms with van der Waals surface area (Å²) in [6.45, 7) is 5.03. The maximum atomic E-state index is 12.9. The third-order valence-corrected chi connectivity index (χ3v) is 4.99. The Kier molecular flexibility index (Phi) is 6.15. The van der Waals surface area contributed by atoms with E-state index in [1.54, 1.807) is 45.3 Å². The molecular formula is C19H22N2O4S. The van der Waals surface area contributed by atoms with Gasteiger partial charge in [0.2, 0.25) is 12.0 Å². The van der Waals surface area contributed by atoms with Crippen LogP contribution in [0.1, 0.15) is 39.4 Å². The molecule has 0 spiro atoms. The van der Waals surface area contributed by atoms with Crippen LogP contribution < -0.4 is 5.32 Å². The Bertz CT molecular complexity index is 828. The van der Waals surface area contributed by atoms with Gasteiger partial charge in [-0.25, -0.2) is 4.79 Å². The molecule has 0 unspecified atom stereocenters. The van der Waals surface area contributed by atoms with Gasteiger partial charge in [0, 0.05) is 31.5 Å². The van der Waals surface area contributed by atoms with Crippen LogP contribution in [0.25, 0.3) is 0 Å². The molecule has 2 aromatic rings. The van der Waals surface area contributed by atoms with Crippen molar-refractivity contribution in [2.24, 2.45) is 0 Å². The molecule has 0 radical (unpaired) electrons. The number of ether oxygens (including phenoxy) is 1. The molecule has 1 atom stereocenters. The van der Waals surface area contributed by atoms with Crippen LogP contribution in [0.15, 0.2) is 30.3 Å². The Hall–Kier alpha value is -2.67. The van der Waals surface area contributed by atoms with E-state index in [4.69, 9.17) is 4.74 Å². The predicted molar refractivity (Wildman–Crippen MR) is 101 cm³/mol. The summed E-state index contributed by atoms with van der Waals surface area (Å²) >= 11 is 1.31. The standard InChI is InChI=1S/C19H22N2O4S/c1-11-12(2)26-17(20-13(3)22)15(11)19(24)25-16(18(23)21(4)5)14-9-7-6-8-10-14/h6-10,16H,1-5H3,(H,20,22)/t16-/m1/s1. The number of thiophene rings is 1. The van der Waals surface area contributed by atoms with Gasteiger partial charge in [0.1, 0.15) is 5.00 Å². The third-order valence-electron chi connectivity index (χ3n) is 3.87. The van der Waals surface area contributed by atoms with E-state index in [9.17, 15) is 14.4 Å². The van der Waals surface area contributed by atoms with Crippen molar-refractivity contribution in [3.05, 3.63) is 51.9 Å². The Labute approximate surface area is 156 Å². The molecule has 0 bridgehead atoms. The largest absolute Gasteiger partial charge is 0.444 e. The molecule has 0 saturated heterocycles. The number of hydrogen-bond acceptors (Lipinski definition) is 5. The van der Waals surface area contributed by atoms with Crippen molar-refractivity contribution in [1.29, 1.82) is 0 Å². The van der Waals surface area contributed by atoms with Gasteiger partial charge in [-0.2, -0.15) is 0 Å². The van der Waals surface area contributed by atoms with Crippen LogP contribution >= 0.6 is 11.3 Å². The molecule has 1 N–H and O–H groups in total. The van der Waals surface area contributed by atoms with E-state index in [0.29, 0.717) is 10.6 Å². The van der Waals surface area contributed by atoms with Crippen molar-refractivity contribution in [2.75, 3.05) is 19.4 Å². The molecule has 138 valence electrons. The van der Waals surface area contributed by atoms with Crippen LogP contribution in [-0.4, -0.2) is 36.8 Å². The second-order valence-electron chi connectivity index (χ2n) is 6.10. The first-order valence-corrected chi connectivity index (χ1v) is 8.88. The van der Waals surface area contributed by atoms with Gasteiger partial charge < -0.3 is 15.0 Å². The number of amides is 2. The van der Waals surface area contributed by atoms with Gasteiger partial charge in [0.15, 0.2) is 0 Å². The molecule has 0 fully saturated rings. The lowest BCUT2D eigenvalue weighted by molar-refractivity contribution is -0.138. The van der Waals surface area contributed by atoms with Gasteiger partial charge in [0.25, 0.3) is 5.91 Å². The molecule has 0 aliphatic rings. The lowest BCUT2D eigenvalue weighted by Gasteiger charge is -2.21. The highest BCUT2D eigenvalue weighted by molar-refractivity contribution is 7.16.